The van der Waals surface area contributed by atoms with E-state index in [-0.39, 0.29) is 11.4 Å². The summed E-state index contributed by atoms with van der Waals surface area (Å²) in [6, 6.07) is 9.63. The molecule has 0 spiro atoms. The Hall–Kier alpha value is -1.35. The molecule has 0 fully saturated rings. The van der Waals surface area contributed by atoms with E-state index in [9.17, 15) is 4.79 Å². The molecule has 16 heavy (non-hydrogen) atoms. The van der Waals surface area contributed by atoms with E-state index >= 15 is 0 Å². The van der Waals surface area contributed by atoms with E-state index in [0.29, 0.717) is 0 Å². The molecular weight excluding hydrogens is 200 g/mol. The zero-order valence-electron chi connectivity index (χ0n) is 10.2. The first-order valence-corrected chi connectivity index (χ1v) is 5.52. The minimum Gasteiger partial charge on any atom is -0.350 e. The van der Waals surface area contributed by atoms with Crippen molar-refractivity contribution in [1.82, 2.24) is 5.32 Å². The molecule has 0 saturated heterocycles. The predicted molar refractivity (Wildman–Crippen MR) is 66.0 cm³/mol. The second kappa shape index (κ2) is 5.12. The van der Waals surface area contributed by atoms with E-state index in [2.05, 4.69) is 17.4 Å². The fourth-order valence-corrected chi connectivity index (χ4v) is 1.60. The maximum Gasteiger partial charge on any atom is 0.237 e. The molecule has 1 amide bonds. The van der Waals surface area contributed by atoms with Crippen LogP contribution in [-0.2, 0) is 11.2 Å². The highest BCUT2D eigenvalue weighted by Crippen LogP contribution is 2.12. The van der Waals surface area contributed by atoms with Crippen LogP contribution in [0.5, 0.6) is 0 Å². The van der Waals surface area contributed by atoms with Gasteiger partial charge in [0.25, 0.3) is 0 Å². The molecule has 0 radical (unpaired) electrons. The van der Waals surface area contributed by atoms with Crippen LogP contribution in [-0.4, -0.2) is 17.5 Å². The Kier molecular flexibility index (Phi) is 4.07. The maximum atomic E-state index is 11.5. The lowest BCUT2D eigenvalue weighted by atomic mass is 9.94. The highest BCUT2D eigenvalue weighted by Gasteiger charge is 2.22. The highest BCUT2D eigenvalue weighted by molar-refractivity contribution is 5.81. The molecule has 0 bridgehead atoms. The van der Waals surface area contributed by atoms with E-state index in [0.717, 1.165) is 6.42 Å². The van der Waals surface area contributed by atoms with Gasteiger partial charge in [-0.15, -0.1) is 0 Å². The molecule has 0 aliphatic carbocycles. The molecule has 3 N–H and O–H groups in total. The molecule has 0 heterocycles. The van der Waals surface area contributed by atoms with Gasteiger partial charge >= 0.3 is 0 Å². The van der Waals surface area contributed by atoms with E-state index in [4.69, 9.17) is 5.73 Å². The van der Waals surface area contributed by atoms with Crippen molar-refractivity contribution in [3.05, 3.63) is 35.9 Å². The van der Waals surface area contributed by atoms with Crippen molar-refractivity contribution >= 4 is 5.91 Å². The molecule has 3 heteroatoms. The van der Waals surface area contributed by atoms with Crippen LogP contribution in [0.4, 0.5) is 0 Å². The SMILES string of the molecule is CC(N)C(=O)NC(C)(C)Cc1ccccc1. The lowest BCUT2D eigenvalue weighted by molar-refractivity contribution is -0.123. The maximum absolute atomic E-state index is 11.5. The molecule has 0 saturated carbocycles. The summed E-state index contributed by atoms with van der Waals surface area (Å²) in [6.07, 6.45) is 0.798. The average Bonchev–Trinajstić information content (AvgIpc) is 2.17. The van der Waals surface area contributed by atoms with E-state index in [1.165, 1.54) is 5.56 Å². The Balaban J connectivity index is 2.62. The van der Waals surface area contributed by atoms with Crippen molar-refractivity contribution in [3.63, 3.8) is 0 Å². The molecule has 3 nitrogen and oxygen atoms in total. The van der Waals surface area contributed by atoms with Crippen LogP contribution in [0.3, 0.4) is 0 Å². The van der Waals surface area contributed by atoms with Crippen LogP contribution in [0.15, 0.2) is 30.3 Å². The molecule has 1 aromatic carbocycles. The number of carbonyl (C=O) groups excluding carboxylic acids is 1. The summed E-state index contributed by atoms with van der Waals surface area (Å²) in [5, 5.41) is 2.94. The lowest BCUT2D eigenvalue weighted by Crippen LogP contribution is -2.50. The number of benzene rings is 1. The second-order valence-electron chi connectivity index (χ2n) is 4.82. The van der Waals surface area contributed by atoms with Gasteiger partial charge < -0.3 is 11.1 Å². The van der Waals surface area contributed by atoms with Gasteiger partial charge in [0.05, 0.1) is 6.04 Å². The van der Waals surface area contributed by atoms with Crippen LogP contribution >= 0.6 is 0 Å². The van der Waals surface area contributed by atoms with E-state index in [1.807, 2.05) is 32.0 Å². The standard InChI is InChI=1S/C13H20N2O/c1-10(14)12(16)15-13(2,3)9-11-7-5-4-6-8-11/h4-8,10H,9,14H2,1-3H3,(H,15,16). The van der Waals surface area contributed by atoms with Gasteiger partial charge in [-0.25, -0.2) is 0 Å². The normalized spacial score (nSPS) is 13.2. The first kappa shape index (κ1) is 12.7. The van der Waals surface area contributed by atoms with Gasteiger partial charge in [-0.1, -0.05) is 30.3 Å². The monoisotopic (exact) mass is 220 g/mol. The lowest BCUT2D eigenvalue weighted by Gasteiger charge is -2.27. The van der Waals surface area contributed by atoms with Gasteiger partial charge in [-0.3, -0.25) is 4.79 Å². The number of carbonyl (C=O) groups is 1. The third-order valence-corrected chi connectivity index (χ3v) is 2.36. The summed E-state index contributed by atoms with van der Waals surface area (Å²) >= 11 is 0. The van der Waals surface area contributed by atoms with Gasteiger partial charge in [0, 0.05) is 5.54 Å². The van der Waals surface area contributed by atoms with Crippen molar-refractivity contribution < 1.29 is 4.79 Å². The number of amides is 1. The molecular formula is C13H20N2O. The third-order valence-electron chi connectivity index (χ3n) is 2.36. The van der Waals surface area contributed by atoms with Crippen molar-refractivity contribution in [1.29, 1.82) is 0 Å². The highest BCUT2D eigenvalue weighted by atomic mass is 16.2. The molecule has 1 atom stereocenters. The summed E-state index contributed by atoms with van der Waals surface area (Å²) in [4.78, 5) is 11.5. The van der Waals surface area contributed by atoms with E-state index in [1.54, 1.807) is 6.92 Å². The summed E-state index contributed by atoms with van der Waals surface area (Å²) < 4.78 is 0. The number of nitrogens with one attached hydrogen (secondary N) is 1. The van der Waals surface area contributed by atoms with Crippen molar-refractivity contribution in [3.8, 4) is 0 Å². The van der Waals surface area contributed by atoms with Crippen LogP contribution in [0.2, 0.25) is 0 Å². The summed E-state index contributed by atoms with van der Waals surface area (Å²) in [5.41, 5.74) is 6.46. The summed E-state index contributed by atoms with van der Waals surface area (Å²) in [6.45, 7) is 5.69. The zero-order valence-corrected chi connectivity index (χ0v) is 10.2. The summed E-state index contributed by atoms with van der Waals surface area (Å²) in [7, 11) is 0. The topological polar surface area (TPSA) is 55.1 Å². The van der Waals surface area contributed by atoms with Crippen LogP contribution < -0.4 is 11.1 Å². The second-order valence-corrected chi connectivity index (χ2v) is 4.82. The third kappa shape index (κ3) is 4.03. The first-order valence-electron chi connectivity index (χ1n) is 5.52. The Morgan fingerprint density at radius 2 is 1.94 bits per heavy atom. The van der Waals surface area contributed by atoms with Gasteiger partial charge in [0.1, 0.15) is 0 Å². The molecule has 0 aliphatic rings. The Bertz CT molecular complexity index is 344. The minimum atomic E-state index is -0.463. The Labute approximate surface area is 97.0 Å². The van der Waals surface area contributed by atoms with Gasteiger partial charge in [0.15, 0.2) is 0 Å². The summed E-state index contributed by atoms with van der Waals surface area (Å²) in [5.74, 6) is -0.110. The first-order chi connectivity index (χ1) is 7.41. The quantitative estimate of drug-likeness (QED) is 0.807. The smallest absolute Gasteiger partial charge is 0.237 e. The predicted octanol–water partition coefficient (Wildman–Crippen LogP) is 1.47. The molecule has 88 valence electrons. The average molecular weight is 220 g/mol. The van der Waals surface area contributed by atoms with Gasteiger partial charge in [-0.05, 0) is 32.8 Å². The van der Waals surface area contributed by atoms with Crippen LogP contribution in [0.25, 0.3) is 0 Å². The Morgan fingerprint density at radius 1 is 1.38 bits per heavy atom. The van der Waals surface area contributed by atoms with Gasteiger partial charge in [0.2, 0.25) is 5.91 Å². The van der Waals surface area contributed by atoms with Crippen molar-refractivity contribution in [2.45, 2.75) is 38.8 Å². The number of nitrogens with two attached hydrogens (primary N) is 1. The Morgan fingerprint density at radius 3 is 2.44 bits per heavy atom. The fraction of sp³-hybridized carbons (Fsp3) is 0.462. The van der Waals surface area contributed by atoms with Crippen molar-refractivity contribution in [2.24, 2.45) is 5.73 Å². The molecule has 1 aromatic rings. The number of hydrogen-bond donors (Lipinski definition) is 2. The molecule has 0 aromatic heterocycles. The molecule has 1 rings (SSSR count). The van der Waals surface area contributed by atoms with Crippen LogP contribution in [0.1, 0.15) is 26.3 Å². The van der Waals surface area contributed by atoms with Crippen LogP contribution in [0, 0.1) is 0 Å². The zero-order chi connectivity index (χ0) is 12.2. The van der Waals surface area contributed by atoms with Gasteiger partial charge in [-0.2, -0.15) is 0 Å². The number of hydrogen-bond acceptors (Lipinski definition) is 2. The molecule has 0 aliphatic heterocycles. The molecule has 1 unspecified atom stereocenters. The van der Waals surface area contributed by atoms with Crippen molar-refractivity contribution in [2.75, 3.05) is 0 Å². The number of rotatable bonds is 4. The fourth-order valence-electron chi connectivity index (χ4n) is 1.60. The minimum absolute atomic E-state index is 0.110. The largest absolute Gasteiger partial charge is 0.350 e. The van der Waals surface area contributed by atoms with E-state index < -0.39 is 6.04 Å².